The summed E-state index contributed by atoms with van der Waals surface area (Å²) in [5, 5.41) is 81.9. The second-order valence-corrected chi connectivity index (χ2v) is 6.85. The van der Waals surface area contributed by atoms with Gasteiger partial charge < -0.3 is 51.3 Å². The summed E-state index contributed by atoms with van der Waals surface area (Å²) in [6, 6.07) is 0. The molecule has 16 heteroatoms. The Labute approximate surface area is 188 Å². The van der Waals surface area contributed by atoms with Gasteiger partial charge in [0.2, 0.25) is 0 Å². The number of aliphatic carboxylic acids is 4. The average molecular weight is 487 g/mol. The Hall–Kier alpha value is -2.44. The molecule has 0 aromatic heterocycles. The molecular formula is C17H33N3O13. The molecule has 0 saturated heterocycles. The Kier molecular flexibility index (Phi) is 17.9. The Morgan fingerprint density at radius 1 is 0.667 bits per heavy atom. The summed E-state index contributed by atoms with van der Waals surface area (Å²) in [5.41, 5.74) is 0. The van der Waals surface area contributed by atoms with Crippen LogP contribution in [-0.4, -0.2) is 164 Å². The Bertz CT molecular complexity index is 539. The van der Waals surface area contributed by atoms with Crippen LogP contribution in [0.3, 0.4) is 0 Å². The molecule has 0 saturated carbocycles. The predicted octanol–water partition coefficient (Wildman–Crippen LogP) is -5.43. The van der Waals surface area contributed by atoms with E-state index in [4.69, 9.17) is 40.9 Å². The highest BCUT2D eigenvalue weighted by Crippen LogP contribution is 2.04. The van der Waals surface area contributed by atoms with Gasteiger partial charge in [0, 0.05) is 19.6 Å². The fourth-order valence-electron chi connectivity index (χ4n) is 2.37. The minimum Gasteiger partial charge on any atom is -0.480 e. The number of carboxylic acid groups (broad SMARTS) is 4. The summed E-state index contributed by atoms with van der Waals surface area (Å²) >= 11 is 0. The lowest BCUT2D eigenvalue weighted by atomic mass is 10.0. The van der Waals surface area contributed by atoms with Gasteiger partial charge in [0.15, 0.2) is 0 Å². The van der Waals surface area contributed by atoms with Crippen LogP contribution in [0.5, 0.6) is 0 Å². The zero-order chi connectivity index (χ0) is 26.1. The summed E-state index contributed by atoms with van der Waals surface area (Å²) in [5.74, 6) is -4.91. The second kappa shape index (κ2) is 18.0. The first-order valence-electron chi connectivity index (χ1n) is 9.54. The van der Waals surface area contributed by atoms with Gasteiger partial charge in [-0.25, -0.2) is 0 Å². The minimum absolute atomic E-state index is 0.0703. The molecule has 0 fully saturated rings. The summed E-state index contributed by atoms with van der Waals surface area (Å²) < 4.78 is 0. The van der Waals surface area contributed by atoms with Crippen molar-refractivity contribution < 1.29 is 65.1 Å². The number of rotatable bonds is 17. The molecule has 0 bridgehead atoms. The molecule has 0 amide bonds. The highest BCUT2D eigenvalue weighted by atomic mass is 16.4. The molecule has 194 valence electrons. The lowest BCUT2D eigenvalue weighted by Gasteiger charge is -2.25. The molecular weight excluding hydrogens is 454 g/mol. The van der Waals surface area contributed by atoms with Crippen LogP contribution in [0.25, 0.3) is 0 Å². The molecule has 0 aliphatic heterocycles. The third-order valence-electron chi connectivity index (χ3n) is 3.91. The monoisotopic (exact) mass is 487 g/mol. The maximum Gasteiger partial charge on any atom is 0.317 e. The van der Waals surface area contributed by atoms with Crippen molar-refractivity contribution in [3.05, 3.63) is 0 Å². The highest BCUT2D eigenvalue weighted by molar-refractivity contribution is 5.73. The highest BCUT2D eigenvalue weighted by Gasteiger charge is 2.29. The van der Waals surface area contributed by atoms with Gasteiger partial charge >= 0.3 is 23.9 Å². The SMILES string of the molecule is CNC[C@H](O)[C@@H](O)[C@H](O)[C@H](O)CO.O=C(O)CN(CCN(CC(=O)O)CC(=O)O)CC(=O)O. The number of aliphatic hydroxyl groups excluding tert-OH is 5. The Morgan fingerprint density at radius 3 is 1.21 bits per heavy atom. The molecule has 16 nitrogen and oxygen atoms in total. The van der Waals surface area contributed by atoms with Crippen LogP contribution in [0.1, 0.15) is 0 Å². The van der Waals surface area contributed by atoms with Gasteiger partial charge in [0.05, 0.1) is 38.9 Å². The molecule has 0 rings (SSSR count). The van der Waals surface area contributed by atoms with Crippen LogP contribution in [-0.2, 0) is 19.2 Å². The summed E-state index contributed by atoms with van der Waals surface area (Å²) in [6.45, 7) is -2.82. The van der Waals surface area contributed by atoms with E-state index in [0.717, 1.165) is 9.80 Å². The molecule has 0 aromatic rings. The zero-order valence-corrected chi connectivity index (χ0v) is 18.0. The number of nitrogens with zero attached hydrogens (tertiary/aromatic N) is 2. The molecule has 0 aliphatic rings. The first-order chi connectivity index (χ1) is 15.2. The number of carbonyl (C=O) groups is 4. The van der Waals surface area contributed by atoms with E-state index in [0.29, 0.717) is 0 Å². The van der Waals surface area contributed by atoms with Gasteiger partial charge in [-0.3, -0.25) is 29.0 Å². The van der Waals surface area contributed by atoms with Crippen LogP contribution in [0.15, 0.2) is 0 Å². The summed E-state index contributed by atoms with van der Waals surface area (Å²) in [4.78, 5) is 44.4. The minimum atomic E-state index is -1.55. The van der Waals surface area contributed by atoms with E-state index in [1.165, 1.54) is 0 Å². The maximum atomic E-state index is 10.6. The zero-order valence-electron chi connectivity index (χ0n) is 18.0. The van der Waals surface area contributed by atoms with Crippen molar-refractivity contribution >= 4 is 23.9 Å². The number of likely N-dealkylation sites (N-methyl/N-ethyl adjacent to an activating group) is 1. The van der Waals surface area contributed by atoms with Crippen molar-refractivity contribution in [2.45, 2.75) is 24.4 Å². The topological polar surface area (TPSA) is 269 Å². The lowest BCUT2D eigenvalue weighted by Crippen LogP contribution is -2.48. The average Bonchev–Trinajstić information content (AvgIpc) is 2.69. The standard InChI is InChI=1S/C10H16N2O8.C7H17NO5/c13-7(14)3-11(4-8(15)16)1-2-12(5-9(17)18)6-10(19)20;1-8-2-4(10)6(12)7(13)5(11)3-9/h1-6H2,(H,13,14)(H,15,16)(H,17,18)(H,19,20);4-13H,2-3H2,1H3/t;4-,5+,6+,7+/m.0/s1. The van der Waals surface area contributed by atoms with Gasteiger partial charge in [-0.1, -0.05) is 0 Å². The van der Waals surface area contributed by atoms with Crippen molar-refractivity contribution in [1.29, 1.82) is 0 Å². The van der Waals surface area contributed by atoms with Crippen LogP contribution in [0.2, 0.25) is 0 Å². The van der Waals surface area contributed by atoms with Crippen molar-refractivity contribution in [3.63, 3.8) is 0 Å². The Balaban J connectivity index is 0. The van der Waals surface area contributed by atoms with Gasteiger partial charge in [-0.05, 0) is 7.05 Å². The van der Waals surface area contributed by atoms with Crippen LogP contribution in [0.4, 0.5) is 0 Å². The van der Waals surface area contributed by atoms with E-state index < -0.39 is 81.1 Å². The third kappa shape index (κ3) is 17.8. The number of hydrogen-bond acceptors (Lipinski definition) is 12. The molecule has 0 radical (unpaired) electrons. The van der Waals surface area contributed by atoms with E-state index >= 15 is 0 Å². The largest absolute Gasteiger partial charge is 0.480 e. The van der Waals surface area contributed by atoms with E-state index in [1.54, 1.807) is 7.05 Å². The van der Waals surface area contributed by atoms with Crippen LogP contribution in [0, 0.1) is 0 Å². The molecule has 0 unspecified atom stereocenters. The van der Waals surface area contributed by atoms with Crippen molar-refractivity contribution in [2.75, 3.05) is 59.5 Å². The van der Waals surface area contributed by atoms with Crippen LogP contribution >= 0.6 is 0 Å². The molecule has 0 aliphatic carbocycles. The smallest absolute Gasteiger partial charge is 0.317 e. The molecule has 10 N–H and O–H groups in total. The van der Waals surface area contributed by atoms with Gasteiger partial charge in [-0.15, -0.1) is 0 Å². The quantitative estimate of drug-likeness (QED) is 0.0916. The molecule has 4 atom stereocenters. The van der Waals surface area contributed by atoms with Crippen LogP contribution < -0.4 is 5.32 Å². The summed E-state index contributed by atoms with van der Waals surface area (Å²) in [6.07, 6.45) is -5.65. The maximum absolute atomic E-state index is 10.6. The molecule has 0 aromatic carbocycles. The second-order valence-electron chi connectivity index (χ2n) is 6.85. The number of aliphatic hydroxyl groups is 5. The van der Waals surface area contributed by atoms with Gasteiger partial charge in [-0.2, -0.15) is 0 Å². The van der Waals surface area contributed by atoms with Crippen molar-refractivity contribution in [2.24, 2.45) is 0 Å². The lowest BCUT2D eigenvalue weighted by molar-refractivity contribution is -0.145. The molecule has 33 heavy (non-hydrogen) atoms. The molecule has 0 spiro atoms. The van der Waals surface area contributed by atoms with E-state index in [-0.39, 0.29) is 19.6 Å². The normalized spacial score (nSPS) is 14.7. The first kappa shape index (κ1) is 32.7. The number of nitrogens with one attached hydrogen (secondary N) is 1. The van der Waals surface area contributed by atoms with E-state index in [1.807, 2.05) is 0 Å². The fraction of sp³-hybridized carbons (Fsp3) is 0.765. The van der Waals surface area contributed by atoms with Gasteiger partial charge in [0.1, 0.15) is 18.3 Å². The van der Waals surface area contributed by atoms with Crippen molar-refractivity contribution in [3.8, 4) is 0 Å². The third-order valence-corrected chi connectivity index (χ3v) is 3.91. The predicted molar refractivity (Wildman–Crippen MR) is 108 cm³/mol. The number of carboxylic acids is 4. The van der Waals surface area contributed by atoms with Gasteiger partial charge in [0.25, 0.3) is 0 Å². The van der Waals surface area contributed by atoms with E-state index in [2.05, 4.69) is 5.32 Å². The fourth-order valence-corrected chi connectivity index (χ4v) is 2.37. The van der Waals surface area contributed by atoms with E-state index in [9.17, 15) is 24.3 Å². The first-order valence-corrected chi connectivity index (χ1v) is 9.54. The Morgan fingerprint density at radius 2 is 0.970 bits per heavy atom. The summed E-state index contributed by atoms with van der Waals surface area (Å²) in [7, 11) is 1.57. The molecule has 0 heterocycles. The van der Waals surface area contributed by atoms with Crippen molar-refractivity contribution in [1.82, 2.24) is 15.1 Å². The number of hydrogen-bond donors (Lipinski definition) is 10.